The summed E-state index contributed by atoms with van der Waals surface area (Å²) >= 11 is 0. The Labute approximate surface area is 279 Å². The molecule has 6 atom stereocenters. The van der Waals surface area contributed by atoms with E-state index in [1.54, 1.807) is 0 Å². The van der Waals surface area contributed by atoms with Crippen molar-refractivity contribution in [3.05, 3.63) is 0 Å². The molecule has 1 rings (SSSR count). The zero-order valence-electron chi connectivity index (χ0n) is 28.1. The number of aliphatic hydroxyl groups excluding tert-OH is 1. The summed E-state index contributed by atoms with van der Waals surface area (Å²) in [7, 11) is 0. The number of amides is 6. The highest BCUT2D eigenvalue weighted by Gasteiger charge is 2.40. The molecule has 0 unspecified atom stereocenters. The van der Waals surface area contributed by atoms with E-state index in [-0.39, 0.29) is 31.2 Å². The topological polar surface area (TPSA) is 287 Å². The fraction of sp³-hybridized carbons (Fsp3) is 0.733. The smallest absolute Gasteiger partial charge is 0.322 e. The number of carbonyl (C=O) groups is 8. The van der Waals surface area contributed by atoms with Crippen molar-refractivity contribution >= 4 is 47.4 Å². The first kappa shape index (κ1) is 41.7. The average molecular weight is 686 g/mol. The van der Waals surface area contributed by atoms with E-state index in [4.69, 9.17) is 10.8 Å². The van der Waals surface area contributed by atoms with Crippen LogP contribution in [0.2, 0.25) is 0 Å². The van der Waals surface area contributed by atoms with Crippen molar-refractivity contribution in [2.45, 2.75) is 109 Å². The molecule has 272 valence electrons. The Morgan fingerprint density at radius 2 is 1.40 bits per heavy atom. The molecule has 1 aliphatic rings. The van der Waals surface area contributed by atoms with Gasteiger partial charge < -0.3 is 52.5 Å². The highest BCUT2D eigenvalue weighted by atomic mass is 16.4. The molecule has 6 amide bonds. The molecule has 0 radical (unpaired) electrons. The van der Waals surface area contributed by atoms with Gasteiger partial charge in [0.2, 0.25) is 35.4 Å². The summed E-state index contributed by atoms with van der Waals surface area (Å²) in [6.45, 7) is 7.56. The Bertz CT molecular complexity index is 1180. The molecule has 1 heterocycles. The minimum absolute atomic E-state index is 0.00210. The Morgan fingerprint density at radius 1 is 0.771 bits per heavy atom. The maximum Gasteiger partial charge on any atom is 0.322 e. The number of carboxylic acid groups (broad SMARTS) is 2. The zero-order valence-corrected chi connectivity index (χ0v) is 28.1. The third-order valence-corrected chi connectivity index (χ3v) is 7.42. The molecule has 0 bridgehead atoms. The van der Waals surface area contributed by atoms with Crippen LogP contribution in [0.3, 0.4) is 0 Å². The first-order valence-electron chi connectivity index (χ1n) is 16.0. The van der Waals surface area contributed by atoms with Crippen LogP contribution in [-0.2, 0) is 38.4 Å². The number of carboxylic acids is 2. The fourth-order valence-corrected chi connectivity index (χ4v) is 5.07. The van der Waals surface area contributed by atoms with Crippen molar-refractivity contribution in [3.63, 3.8) is 0 Å². The number of aliphatic hydroxyl groups is 1. The molecule has 10 N–H and O–H groups in total. The van der Waals surface area contributed by atoms with Crippen molar-refractivity contribution in [1.82, 2.24) is 31.5 Å². The van der Waals surface area contributed by atoms with Gasteiger partial charge in [0, 0.05) is 13.0 Å². The molecule has 0 saturated carbocycles. The molecule has 0 aliphatic carbocycles. The standard InChI is InChI=1S/C30H51N7O11/c1-15(2)11-18(31)26(44)35-20(12-16(3)4)30(48)37-10-6-7-21(37)28(46)34-19(8-9-23(40)41)27(45)36-25(17(5)38)29(47)33-13-22(39)32-14-24(42)43/h15-21,25,38H,6-14,31H2,1-5H3,(H,32,39)(H,33,47)(H,34,46)(H,35,44)(H,36,45)(H,40,41)(H,42,43)/t17-,18+,19+,20+,21+,25+/m1/s1. The molecular weight excluding hydrogens is 634 g/mol. The van der Waals surface area contributed by atoms with Gasteiger partial charge >= 0.3 is 11.9 Å². The van der Waals surface area contributed by atoms with E-state index in [9.17, 15) is 48.6 Å². The van der Waals surface area contributed by atoms with E-state index < -0.39 is 110 Å². The van der Waals surface area contributed by atoms with Crippen LogP contribution in [-0.4, -0.2) is 124 Å². The van der Waals surface area contributed by atoms with Crippen molar-refractivity contribution in [2.75, 3.05) is 19.6 Å². The molecule has 0 aromatic rings. The quantitative estimate of drug-likeness (QED) is 0.0639. The Kier molecular flexibility index (Phi) is 17.5. The first-order valence-corrected chi connectivity index (χ1v) is 16.0. The predicted molar refractivity (Wildman–Crippen MR) is 170 cm³/mol. The number of nitrogens with zero attached hydrogens (tertiary/aromatic N) is 1. The van der Waals surface area contributed by atoms with Gasteiger partial charge in [-0.1, -0.05) is 27.7 Å². The first-order chi connectivity index (χ1) is 22.3. The highest BCUT2D eigenvalue weighted by Crippen LogP contribution is 2.21. The monoisotopic (exact) mass is 685 g/mol. The van der Waals surface area contributed by atoms with Crippen molar-refractivity contribution in [3.8, 4) is 0 Å². The zero-order chi connectivity index (χ0) is 36.7. The number of hydrogen-bond acceptors (Lipinski definition) is 10. The van der Waals surface area contributed by atoms with Crippen molar-refractivity contribution in [2.24, 2.45) is 17.6 Å². The molecule has 1 saturated heterocycles. The summed E-state index contributed by atoms with van der Waals surface area (Å²) in [5, 5.41) is 39.7. The SMILES string of the molecule is CC(C)C[C@H](NC(=O)[C@@H](N)CC(C)C)C(=O)N1CCC[C@H]1C(=O)N[C@@H](CCC(=O)O)C(=O)N[C@H](C(=O)NCC(=O)NCC(=O)O)[C@@H](C)O. The number of carbonyl (C=O) groups excluding carboxylic acids is 6. The third kappa shape index (κ3) is 14.6. The van der Waals surface area contributed by atoms with E-state index in [0.29, 0.717) is 12.8 Å². The van der Waals surface area contributed by atoms with Gasteiger partial charge in [-0.15, -0.1) is 0 Å². The maximum atomic E-state index is 13.7. The Morgan fingerprint density at radius 3 is 1.94 bits per heavy atom. The third-order valence-electron chi connectivity index (χ3n) is 7.42. The number of nitrogens with two attached hydrogens (primary N) is 1. The Hall–Kier alpha value is -4.32. The molecule has 1 fully saturated rings. The highest BCUT2D eigenvalue weighted by molar-refractivity contribution is 5.97. The van der Waals surface area contributed by atoms with Gasteiger partial charge in [-0.25, -0.2) is 0 Å². The molecular formula is C30H51N7O11. The number of aliphatic carboxylic acids is 2. The van der Waals surface area contributed by atoms with Gasteiger partial charge in [-0.3, -0.25) is 38.4 Å². The van der Waals surface area contributed by atoms with Crippen LogP contribution < -0.4 is 32.3 Å². The average Bonchev–Trinajstić information content (AvgIpc) is 3.48. The lowest BCUT2D eigenvalue weighted by Crippen LogP contribution is -2.60. The van der Waals surface area contributed by atoms with Gasteiger partial charge in [0.15, 0.2) is 0 Å². The minimum atomic E-state index is -1.64. The lowest BCUT2D eigenvalue weighted by molar-refractivity contribution is -0.143. The summed E-state index contributed by atoms with van der Waals surface area (Å²) in [6.07, 6.45) is -1.12. The van der Waals surface area contributed by atoms with E-state index in [1.807, 2.05) is 33.0 Å². The lowest BCUT2D eigenvalue weighted by atomic mass is 10.00. The maximum absolute atomic E-state index is 13.7. The number of rotatable bonds is 20. The summed E-state index contributed by atoms with van der Waals surface area (Å²) < 4.78 is 0. The summed E-state index contributed by atoms with van der Waals surface area (Å²) in [4.78, 5) is 101. The number of nitrogens with one attached hydrogen (secondary N) is 5. The van der Waals surface area contributed by atoms with Crippen LogP contribution in [0.1, 0.15) is 73.1 Å². The summed E-state index contributed by atoms with van der Waals surface area (Å²) in [6, 6.07) is -5.99. The van der Waals surface area contributed by atoms with Crippen LogP contribution >= 0.6 is 0 Å². The van der Waals surface area contributed by atoms with Crippen LogP contribution in [0.4, 0.5) is 0 Å². The number of hydrogen-bond donors (Lipinski definition) is 9. The largest absolute Gasteiger partial charge is 0.481 e. The number of likely N-dealkylation sites (tertiary alicyclic amines) is 1. The van der Waals surface area contributed by atoms with Crippen LogP contribution in [0, 0.1) is 11.8 Å². The molecule has 0 spiro atoms. The van der Waals surface area contributed by atoms with E-state index in [2.05, 4.69) is 21.3 Å². The van der Waals surface area contributed by atoms with Crippen molar-refractivity contribution in [1.29, 1.82) is 0 Å². The van der Waals surface area contributed by atoms with Crippen LogP contribution in [0.25, 0.3) is 0 Å². The molecule has 18 nitrogen and oxygen atoms in total. The van der Waals surface area contributed by atoms with E-state index >= 15 is 0 Å². The molecule has 0 aromatic heterocycles. The van der Waals surface area contributed by atoms with E-state index in [1.165, 1.54) is 11.8 Å². The molecule has 48 heavy (non-hydrogen) atoms. The second-order valence-corrected chi connectivity index (χ2v) is 12.7. The van der Waals surface area contributed by atoms with Crippen molar-refractivity contribution < 1.29 is 53.7 Å². The van der Waals surface area contributed by atoms with Crippen LogP contribution in [0.15, 0.2) is 0 Å². The second kappa shape index (κ2) is 20.1. The predicted octanol–water partition coefficient (Wildman–Crippen LogP) is -2.59. The lowest BCUT2D eigenvalue weighted by Gasteiger charge is -2.31. The minimum Gasteiger partial charge on any atom is -0.481 e. The normalized spacial score (nSPS) is 17.4. The van der Waals surface area contributed by atoms with Gasteiger partial charge in [-0.2, -0.15) is 0 Å². The molecule has 0 aromatic carbocycles. The summed E-state index contributed by atoms with van der Waals surface area (Å²) in [5.41, 5.74) is 6.02. The second-order valence-electron chi connectivity index (χ2n) is 12.7. The van der Waals surface area contributed by atoms with Gasteiger partial charge in [-0.05, 0) is 50.9 Å². The van der Waals surface area contributed by atoms with Gasteiger partial charge in [0.1, 0.15) is 30.7 Å². The molecule has 1 aliphatic heterocycles. The molecule has 18 heteroatoms. The van der Waals surface area contributed by atoms with E-state index in [0.717, 1.165) is 0 Å². The summed E-state index contributed by atoms with van der Waals surface area (Å²) in [5.74, 6) is -7.08. The van der Waals surface area contributed by atoms with Crippen LogP contribution in [0.5, 0.6) is 0 Å². The Balaban J connectivity index is 3.09. The van der Waals surface area contributed by atoms with Gasteiger partial charge in [0.05, 0.1) is 18.7 Å². The van der Waals surface area contributed by atoms with Gasteiger partial charge in [0.25, 0.3) is 0 Å². The fourth-order valence-electron chi connectivity index (χ4n) is 5.07.